The number of benzene rings is 2. The van der Waals surface area contributed by atoms with E-state index in [9.17, 15) is 9.59 Å². The number of unbranched alkanes of at least 4 members (excludes halogenated alkanes) is 2. The average molecular weight is 409 g/mol. The first kappa shape index (κ1) is 21.9. The molecule has 2 aromatic carbocycles. The Morgan fingerprint density at radius 3 is 2.53 bits per heavy atom. The van der Waals surface area contributed by atoms with E-state index >= 15 is 0 Å². The Morgan fingerprint density at radius 1 is 0.967 bits per heavy atom. The zero-order valence-electron chi connectivity index (χ0n) is 18.0. The van der Waals surface area contributed by atoms with E-state index < -0.39 is 11.8 Å². The smallest absolute Gasteiger partial charge is 0.314 e. The highest BCUT2D eigenvalue weighted by molar-refractivity contribution is 6.43. The van der Waals surface area contributed by atoms with Crippen molar-refractivity contribution in [2.75, 3.05) is 10.6 Å². The summed E-state index contributed by atoms with van der Waals surface area (Å²) in [7, 11) is 0. The maximum atomic E-state index is 12.5. The van der Waals surface area contributed by atoms with Gasteiger partial charge in [-0.15, -0.1) is 0 Å². The first-order valence-electron chi connectivity index (χ1n) is 11.1. The highest BCUT2D eigenvalue weighted by Gasteiger charge is 2.19. The van der Waals surface area contributed by atoms with Gasteiger partial charge in [0.1, 0.15) is 5.75 Å². The van der Waals surface area contributed by atoms with Crippen LogP contribution in [0.5, 0.6) is 5.75 Å². The number of carbonyl (C=O) groups is 2. The van der Waals surface area contributed by atoms with Crippen LogP contribution in [0.3, 0.4) is 0 Å². The van der Waals surface area contributed by atoms with E-state index in [-0.39, 0.29) is 6.10 Å². The van der Waals surface area contributed by atoms with Crippen molar-refractivity contribution in [2.24, 2.45) is 0 Å². The number of amides is 2. The fraction of sp³-hybridized carbons (Fsp3) is 0.440. The van der Waals surface area contributed by atoms with Crippen LogP contribution in [0.1, 0.15) is 63.5 Å². The summed E-state index contributed by atoms with van der Waals surface area (Å²) < 4.78 is 6.14. The fourth-order valence-electron chi connectivity index (χ4n) is 3.84. The largest absolute Gasteiger partial charge is 0.488 e. The summed E-state index contributed by atoms with van der Waals surface area (Å²) >= 11 is 0. The number of carbonyl (C=O) groups excluding carboxylic acids is 2. The van der Waals surface area contributed by atoms with Gasteiger partial charge in [0, 0.05) is 5.69 Å². The molecule has 5 nitrogen and oxygen atoms in total. The molecule has 3 rings (SSSR count). The first-order chi connectivity index (χ1) is 14.6. The maximum absolute atomic E-state index is 12.5. The quantitative estimate of drug-likeness (QED) is 0.426. The third-order valence-corrected chi connectivity index (χ3v) is 5.58. The summed E-state index contributed by atoms with van der Waals surface area (Å²) in [5.74, 6) is -0.789. The Labute approximate surface area is 179 Å². The maximum Gasteiger partial charge on any atom is 0.314 e. The Hall–Kier alpha value is -2.82. The molecule has 5 heteroatoms. The number of aryl methyl sites for hydroxylation is 2. The highest BCUT2D eigenvalue weighted by Crippen LogP contribution is 2.27. The van der Waals surface area contributed by atoms with Crippen molar-refractivity contribution < 1.29 is 14.3 Å². The molecule has 0 heterocycles. The van der Waals surface area contributed by atoms with E-state index in [2.05, 4.69) is 24.5 Å². The second-order valence-electron chi connectivity index (χ2n) is 7.89. The molecule has 2 amide bonds. The van der Waals surface area contributed by atoms with Gasteiger partial charge in [0.15, 0.2) is 0 Å². The van der Waals surface area contributed by atoms with Crippen LogP contribution in [0.15, 0.2) is 42.5 Å². The summed E-state index contributed by atoms with van der Waals surface area (Å²) in [5, 5.41) is 5.41. The molecule has 0 fully saturated rings. The SMILES string of the molecule is CCCCCC(CC)Oc1ccccc1NC(=O)C(=O)Nc1ccc2c(c1)CCC2. The van der Waals surface area contributed by atoms with Crippen molar-refractivity contribution in [3.63, 3.8) is 0 Å². The van der Waals surface area contributed by atoms with Crippen LogP contribution < -0.4 is 15.4 Å². The molecule has 0 aliphatic heterocycles. The summed E-state index contributed by atoms with van der Waals surface area (Å²) in [6.07, 6.45) is 8.67. The molecule has 1 aliphatic carbocycles. The number of fused-ring (bicyclic) bond motifs is 1. The van der Waals surface area contributed by atoms with E-state index in [1.54, 1.807) is 6.07 Å². The lowest BCUT2D eigenvalue weighted by molar-refractivity contribution is -0.133. The third-order valence-electron chi connectivity index (χ3n) is 5.58. The summed E-state index contributed by atoms with van der Waals surface area (Å²) in [4.78, 5) is 24.9. The van der Waals surface area contributed by atoms with Gasteiger partial charge in [-0.2, -0.15) is 0 Å². The predicted octanol–water partition coefficient (Wildman–Crippen LogP) is 5.49. The highest BCUT2D eigenvalue weighted by atomic mass is 16.5. The van der Waals surface area contributed by atoms with Crippen molar-refractivity contribution in [1.82, 2.24) is 0 Å². The molecule has 1 aliphatic rings. The molecule has 0 radical (unpaired) electrons. The Bertz CT molecular complexity index is 878. The second-order valence-corrected chi connectivity index (χ2v) is 7.89. The summed E-state index contributed by atoms with van der Waals surface area (Å²) in [5.41, 5.74) is 3.75. The van der Waals surface area contributed by atoms with E-state index in [1.165, 1.54) is 24.0 Å². The number of nitrogens with one attached hydrogen (secondary N) is 2. The van der Waals surface area contributed by atoms with Crippen LogP contribution in [0.2, 0.25) is 0 Å². The van der Waals surface area contributed by atoms with Crippen LogP contribution in [0.25, 0.3) is 0 Å². The van der Waals surface area contributed by atoms with Gasteiger partial charge in [0.2, 0.25) is 0 Å². The lowest BCUT2D eigenvalue weighted by Gasteiger charge is -2.20. The second kappa shape index (κ2) is 10.8. The molecule has 0 saturated heterocycles. The van der Waals surface area contributed by atoms with Gasteiger partial charge < -0.3 is 15.4 Å². The van der Waals surface area contributed by atoms with E-state index in [0.717, 1.165) is 38.5 Å². The fourth-order valence-corrected chi connectivity index (χ4v) is 3.84. The number of para-hydroxylation sites is 2. The predicted molar refractivity (Wildman–Crippen MR) is 121 cm³/mol. The molecule has 1 atom stereocenters. The van der Waals surface area contributed by atoms with Crippen LogP contribution >= 0.6 is 0 Å². The molecule has 0 aromatic heterocycles. The van der Waals surface area contributed by atoms with E-state index in [4.69, 9.17) is 4.74 Å². The van der Waals surface area contributed by atoms with Gasteiger partial charge >= 0.3 is 11.8 Å². The Morgan fingerprint density at radius 2 is 1.73 bits per heavy atom. The van der Waals surface area contributed by atoms with Gasteiger partial charge in [-0.05, 0) is 73.9 Å². The molecule has 160 valence electrons. The number of hydrogen-bond donors (Lipinski definition) is 2. The third kappa shape index (κ3) is 5.85. The van der Waals surface area contributed by atoms with E-state index in [1.807, 2.05) is 36.4 Å². The van der Waals surface area contributed by atoms with Crippen LogP contribution in [-0.4, -0.2) is 17.9 Å². The van der Waals surface area contributed by atoms with Gasteiger partial charge in [0.25, 0.3) is 0 Å². The molecular formula is C25H32N2O3. The number of rotatable bonds is 9. The van der Waals surface area contributed by atoms with Crippen molar-refractivity contribution in [3.05, 3.63) is 53.6 Å². The van der Waals surface area contributed by atoms with Crippen molar-refractivity contribution >= 4 is 23.2 Å². The van der Waals surface area contributed by atoms with Crippen LogP contribution in [0.4, 0.5) is 11.4 Å². The number of hydrogen-bond acceptors (Lipinski definition) is 3. The minimum Gasteiger partial charge on any atom is -0.488 e. The summed E-state index contributed by atoms with van der Waals surface area (Å²) in [6.45, 7) is 4.28. The Balaban J connectivity index is 1.61. The van der Waals surface area contributed by atoms with Crippen LogP contribution in [-0.2, 0) is 22.4 Å². The molecule has 2 N–H and O–H groups in total. The zero-order chi connectivity index (χ0) is 21.3. The molecule has 1 unspecified atom stereocenters. The number of ether oxygens (including phenoxy) is 1. The first-order valence-corrected chi connectivity index (χ1v) is 11.1. The van der Waals surface area contributed by atoms with Crippen LogP contribution in [0, 0.1) is 0 Å². The normalized spacial score (nSPS) is 13.4. The molecule has 0 spiro atoms. The molecule has 2 aromatic rings. The van der Waals surface area contributed by atoms with E-state index in [0.29, 0.717) is 17.1 Å². The minimum atomic E-state index is -0.703. The zero-order valence-corrected chi connectivity index (χ0v) is 18.0. The van der Waals surface area contributed by atoms with Gasteiger partial charge in [-0.25, -0.2) is 0 Å². The van der Waals surface area contributed by atoms with Crippen molar-refractivity contribution in [3.8, 4) is 5.75 Å². The van der Waals surface area contributed by atoms with Crippen molar-refractivity contribution in [2.45, 2.75) is 71.3 Å². The molecule has 30 heavy (non-hydrogen) atoms. The summed E-state index contributed by atoms with van der Waals surface area (Å²) in [6, 6.07) is 13.1. The molecular weight excluding hydrogens is 376 g/mol. The topological polar surface area (TPSA) is 67.4 Å². The van der Waals surface area contributed by atoms with Crippen molar-refractivity contribution in [1.29, 1.82) is 0 Å². The lowest BCUT2D eigenvalue weighted by atomic mass is 10.1. The van der Waals surface area contributed by atoms with Gasteiger partial charge in [-0.3, -0.25) is 9.59 Å². The Kier molecular flexibility index (Phi) is 7.89. The lowest BCUT2D eigenvalue weighted by Crippen LogP contribution is -2.29. The minimum absolute atomic E-state index is 0.0924. The van der Waals surface area contributed by atoms with Gasteiger partial charge in [-0.1, -0.05) is 44.9 Å². The number of anilines is 2. The monoisotopic (exact) mass is 408 g/mol. The molecule has 0 saturated carbocycles. The average Bonchev–Trinajstić information content (AvgIpc) is 3.22. The van der Waals surface area contributed by atoms with Gasteiger partial charge in [0.05, 0.1) is 11.8 Å². The molecule has 0 bridgehead atoms. The standard InChI is InChI=1S/C25H32N2O3/c1-3-5-6-12-21(4-2)30-23-14-8-7-13-22(23)27-25(29)24(28)26-20-16-15-18-10-9-11-19(18)17-20/h7-8,13-17,21H,3-6,9-12H2,1-2H3,(H,26,28)(H,27,29).